The van der Waals surface area contributed by atoms with Crippen molar-refractivity contribution >= 4 is 5.91 Å². The molecule has 25 heavy (non-hydrogen) atoms. The number of rotatable bonds is 2. The monoisotopic (exact) mass is 343 g/mol. The number of aryl methyl sites for hydroxylation is 2. The van der Waals surface area contributed by atoms with Crippen molar-refractivity contribution in [2.45, 2.75) is 38.6 Å². The Morgan fingerprint density at radius 1 is 1.36 bits per heavy atom. The summed E-state index contributed by atoms with van der Waals surface area (Å²) in [6.07, 6.45) is 4.02. The summed E-state index contributed by atoms with van der Waals surface area (Å²) >= 11 is 0. The second-order valence-corrected chi connectivity index (χ2v) is 6.58. The lowest BCUT2D eigenvalue weighted by atomic mass is 9.95. The molecule has 1 atom stereocenters. The minimum Gasteiger partial charge on any atom is -0.377 e. The molecule has 2 N–H and O–H groups in total. The van der Waals surface area contributed by atoms with Gasteiger partial charge < -0.3 is 14.6 Å². The molecule has 1 fully saturated rings. The molecule has 3 heterocycles. The van der Waals surface area contributed by atoms with E-state index in [0.29, 0.717) is 37.0 Å². The highest BCUT2D eigenvalue weighted by molar-refractivity contribution is 5.94. The molecule has 0 bridgehead atoms. The van der Waals surface area contributed by atoms with Crippen LogP contribution in [0.5, 0.6) is 0 Å². The SMILES string of the molecule is Cc1nc(C2COCCN2C(=O)c2n[nH]c3c2CCCC3)cc(=O)[nH]1. The number of carbonyl (C=O) groups excluding carboxylic acids is 1. The van der Waals surface area contributed by atoms with Crippen LogP contribution in [0.3, 0.4) is 0 Å². The zero-order chi connectivity index (χ0) is 17.4. The fourth-order valence-corrected chi connectivity index (χ4v) is 3.66. The third-order valence-electron chi connectivity index (χ3n) is 4.87. The molecule has 4 rings (SSSR count). The lowest BCUT2D eigenvalue weighted by Crippen LogP contribution is -2.44. The Morgan fingerprint density at radius 2 is 2.20 bits per heavy atom. The Labute approximate surface area is 144 Å². The first-order valence-electron chi connectivity index (χ1n) is 8.66. The summed E-state index contributed by atoms with van der Waals surface area (Å²) in [5, 5.41) is 7.31. The summed E-state index contributed by atoms with van der Waals surface area (Å²) in [5.41, 5.74) is 2.94. The summed E-state index contributed by atoms with van der Waals surface area (Å²) in [7, 11) is 0. The van der Waals surface area contributed by atoms with Crippen molar-refractivity contribution in [3.63, 3.8) is 0 Å². The summed E-state index contributed by atoms with van der Waals surface area (Å²) < 4.78 is 5.55. The lowest BCUT2D eigenvalue weighted by Gasteiger charge is -2.35. The van der Waals surface area contributed by atoms with Crippen molar-refractivity contribution in [1.82, 2.24) is 25.1 Å². The van der Waals surface area contributed by atoms with Gasteiger partial charge in [-0.1, -0.05) is 0 Å². The van der Waals surface area contributed by atoms with Crippen molar-refractivity contribution in [2.75, 3.05) is 19.8 Å². The molecule has 1 amide bonds. The number of ether oxygens (including phenoxy) is 1. The minimum absolute atomic E-state index is 0.118. The number of nitrogens with one attached hydrogen (secondary N) is 2. The van der Waals surface area contributed by atoms with Crippen LogP contribution in [0.25, 0.3) is 0 Å². The molecule has 0 radical (unpaired) electrons. The molecule has 2 aromatic heterocycles. The van der Waals surface area contributed by atoms with Crippen molar-refractivity contribution in [3.8, 4) is 0 Å². The lowest BCUT2D eigenvalue weighted by molar-refractivity contribution is -0.00438. The zero-order valence-electron chi connectivity index (χ0n) is 14.2. The first kappa shape index (κ1) is 16.0. The number of H-pyrrole nitrogens is 2. The Balaban J connectivity index is 1.68. The van der Waals surface area contributed by atoms with Crippen LogP contribution in [-0.4, -0.2) is 50.7 Å². The number of hydrogen-bond acceptors (Lipinski definition) is 5. The molecular weight excluding hydrogens is 322 g/mol. The van der Waals surface area contributed by atoms with Gasteiger partial charge in [-0.3, -0.25) is 14.7 Å². The predicted molar refractivity (Wildman–Crippen MR) is 89.4 cm³/mol. The van der Waals surface area contributed by atoms with E-state index in [1.807, 2.05) is 0 Å². The van der Waals surface area contributed by atoms with Crippen molar-refractivity contribution in [3.05, 3.63) is 44.9 Å². The Bertz CT molecular complexity index is 856. The average molecular weight is 343 g/mol. The molecule has 1 saturated heterocycles. The second-order valence-electron chi connectivity index (χ2n) is 6.58. The maximum atomic E-state index is 13.2. The number of morpholine rings is 1. The van der Waals surface area contributed by atoms with Crippen molar-refractivity contribution < 1.29 is 9.53 Å². The van der Waals surface area contributed by atoms with E-state index in [1.54, 1.807) is 11.8 Å². The molecule has 0 saturated carbocycles. The van der Waals surface area contributed by atoms with Crippen LogP contribution in [0.15, 0.2) is 10.9 Å². The van der Waals surface area contributed by atoms with E-state index in [4.69, 9.17) is 4.74 Å². The smallest absolute Gasteiger partial charge is 0.275 e. The Hall–Kier alpha value is -2.48. The average Bonchev–Trinajstić information content (AvgIpc) is 3.04. The third-order valence-corrected chi connectivity index (χ3v) is 4.87. The quantitative estimate of drug-likeness (QED) is 0.843. The summed E-state index contributed by atoms with van der Waals surface area (Å²) in [6.45, 7) is 2.98. The van der Waals surface area contributed by atoms with E-state index in [2.05, 4.69) is 20.2 Å². The molecule has 0 aromatic carbocycles. The van der Waals surface area contributed by atoms with E-state index in [-0.39, 0.29) is 17.5 Å². The molecule has 2 aliphatic rings. The number of carbonyl (C=O) groups is 1. The van der Waals surface area contributed by atoms with Gasteiger partial charge in [-0.15, -0.1) is 0 Å². The van der Waals surface area contributed by atoms with Gasteiger partial charge in [0, 0.05) is 23.9 Å². The Kier molecular flexibility index (Phi) is 4.12. The largest absolute Gasteiger partial charge is 0.377 e. The highest BCUT2D eigenvalue weighted by atomic mass is 16.5. The minimum atomic E-state index is -0.377. The zero-order valence-corrected chi connectivity index (χ0v) is 14.2. The van der Waals surface area contributed by atoms with Gasteiger partial charge in [0.15, 0.2) is 5.69 Å². The fraction of sp³-hybridized carbons (Fsp3) is 0.529. The van der Waals surface area contributed by atoms with E-state index < -0.39 is 0 Å². The van der Waals surface area contributed by atoms with Crippen molar-refractivity contribution in [2.24, 2.45) is 0 Å². The van der Waals surface area contributed by atoms with E-state index >= 15 is 0 Å². The second kappa shape index (κ2) is 6.44. The van der Waals surface area contributed by atoms with Gasteiger partial charge in [-0.25, -0.2) is 4.98 Å². The van der Waals surface area contributed by atoms with E-state index in [0.717, 1.165) is 36.9 Å². The van der Waals surface area contributed by atoms with Gasteiger partial charge in [0.25, 0.3) is 11.5 Å². The van der Waals surface area contributed by atoms with Gasteiger partial charge in [-0.05, 0) is 32.6 Å². The maximum absolute atomic E-state index is 13.2. The topological polar surface area (TPSA) is 104 Å². The summed E-state index contributed by atoms with van der Waals surface area (Å²) in [4.78, 5) is 33.7. The van der Waals surface area contributed by atoms with Crippen LogP contribution in [0.1, 0.15) is 52.1 Å². The molecule has 132 valence electrons. The molecule has 0 spiro atoms. The van der Waals surface area contributed by atoms with Crippen LogP contribution < -0.4 is 5.56 Å². The normalized spacial score (nSPS) is 20.4. The third kappa shape index (κ3) is 2.97. The number of aromatic nitrogens is 4. The number of hydrogen-bond donors (Lipinski definition) is 2. The molecule has 8 nitrogen and oxygen atoms in total. The summed E-state index contributed by atoms with van der Waals surface area (Å²) in [5.74, 6) is 0.407. The van der Waals surface area contributed by atoms with Crippen LogP contribution in [0.2, 0.25) is 0 Å². The fourth-order valence-electron chi connectivity index (χ4n) is 3.66. The van der Waals surface area contributed by atoms with Crippen LogP contribution in [0, 0.1) is 6.92 Å². The summed E-state index contributed by atoms with van der Waals surface area (Å²) in [6, 6.07) is 1.06. The van der Waals surface area contributed by atoms with Crippen LogP contribution in [-0.2, 0) is 17.6 Å². The van der Waals surface area contributed by atoms with Gasteiger partial charge in [0.05, 0.1) is 24.9 Å². The molecule has 1 aliphatic heterocycles. The van der Waals surface area contributed by atoms with Gasteiger partial charge >= 0.3 is 0 Å². The number of nitrogens with zero attached hydrogens (tertiary/aromatic N) is 3. The first-order valence-corrected chi connectivity index (χ1v) is 8.66. The molecular formula is C17H21N5O3. The highest BCUT2D eigenvalue weighted by Crippen LogP contribution is 2.27. The van der Waals surface area contributed by atoms with Gasteiger partial charge in [0.2, 0.25) is 0 Å². The number of fused-ring (bicyclic) bond motifs is 1. The number of aromatic amines is 2. The van der Waals surface area contributed by atoms with Gasteiger partial charge in [0.1, 0.15) is 5.82 Å². The van der Waals surface area contributed by atoms with E-state index in [1.165, 1.54) is 6.07 Å². The molecule has 2 aromatic rings. The molecule has 1 aliphatic carbocycles. The van der Waals surface area contributed by atoms with Crippen LogP contribution >= 0.6 is 0 Å². The molecule has 1 unspecified atom stereocenters. The number of amides is 1. The predicted octanol–water partition coefficient (Wildman–Crippen LogP) is 0.894. The Morgan fingerprint density at radius 3 is 3.04 bits per heavy atom. The first-order chi connectivity index (χ1) is 12.1. The standard InChI is InChI=1S/C17H21N5O3/c1-10-18-13(8-15(23)19-10)14-9-25-7-6-22(14)17(24)16-11-4-2-3-5-12(11)20-21-16/h8,14H,2-7,9H2,1H3,(H,20,21)(H,18,19,23). The molecule has 8 heteroatoms. The van der Waals surface area contributed by atoms with Crippen molar-refractivity contribution in [1.29, 1.82) is 0 Å². The highest BCUT2D eigenvalue weighted by Gasteiger charge is 2.34. The maximum Gasteiger partial charge on any atom is 0.275 e. The van der Waals surface area contributed by atoms with E-state index in [9.17, 15) is 9.59 Å². The van der Waals surface area contributed by atoms with Gasteiger partial charge in [-0.2, -0.15) is 5.10 Å². The van der Waals surface area contributed by atoms with Crippen LogP contribution in [0.4, 0.5) is 0 Å².